The van der Waals surface area contributed by atoms with Gasteiger partial charge in [-0.05, 0) is 43.3 Å². The first kappa shape index (κ1) is 22.8. The lowest BCUT2D eigenvalue weighted by Gasteiger charge is -2.18. The Morgan fingerprint density at radius 1 is 0.912 bits per heavy atom. The van der Waals surface area contributed by atoms with Gasteiger partial charge in [0.1, 0.15) is 18.0 Å². The summed E-state index contributed by atoms with van der Waals surface area (Å²) in [6.45, 7) is 1.32. The van der Waals surface area contributed by atoms with Gasteiger partial charge in [-0.25, -0.2) is 0 Å². The molecule has 0 aliphatic heterocycles. The van der Waals surface area contributed by atoms with Crippen molar-refractivity contribution in [2.24, 2.45) is 0 Å². The largest absolute Gasteiger partial charge is 0.497 e. The highest BCUT2D eigenvalue weighted by atomic mass is 16.5. The Labute approximate surface area is 195 Å². The lowest BCUT2D eigenvalue weighted by atomic mass is 10.1. The van der Waals surface area contributed by atoms with E-state index < -0.39 is 18.0 Å². The van der Waals surface area contributed by atoms with Gasteiger partial charge < -0.3 is 24.1 Å². The van der Waals surface area contributed by atoms with Crippen LogP contribution in [0.15, 0.2) is 71.5 Å². The molecule has 1 aromatic heterocycles. The summed E-state index contributed by atoms with van der Waals surface area (Å²) in [6, 6.07) is 19.2. The predicted molar refractivity (Wildman–Crippen MR) is 129 cm³/mol. The number of esters is 1. The van der Waals surface area contributed by atoms with Crippen molar-refractivity contribution in [2.45, 2.75) is 19.6 Å². The van der Waals surface area contributed by atoms with Crippen LogP contribution in [-0.4, -0.2) is 36.8 Å². The first-order valence-electron chi connectivity index (χ1n) is 10.7. The number of hydrogen-bond donors (Lipinski definition) is 1. The van der Waals surface area contributed by atoms with Crippen LogP contribution in [0.2, 0.25) is 0 Å². The van der Waals surface area contributed by atoms with Crippen molar-refractivity contribution in [2.75, 3.05) is 19.5 Å². The van der Waals surface area contributed by atoms with Gasteiger partial charge in [0, 0.05) is 16.8 Å². The van der Waals surface area contributed by atoms with Crippen molar-refractivity contribution < 1.29 is 23.8 Å². The van der Waals surface area contributed by atoms with Crippen molar-refractivity contribution >= 4 is 39.4 Å². The van der Waals surface area contributed by atoms with Crippen molar-refractivity contribution in [3.05, 3.63) is 77.0 Å². The third-order valence-electron chi connectivity index (χ3n) is 5.51. The molecule has 4 rings (SSSR count). The smallest absolute Gasteiger partial charge is 0.326 e. The summed E-state index contributed by atoms with van der Waals surface area (Å²) in [5.74, 6) is -0.148. The number of nitrogens with zero attached hydrogens (tertiary/aromatic N) is 1. The highest BCUT2D eigenvalue weighted by molar-refractivity contribution is 5.97. The maximum Gasteiger partial charge on any atom is 0.326 e. The summed E-state index contributed by atoms with van der Waals surface area (Å²) < 4.78 is 17.6. The van der Waals surface area contributed by atoms with Gasteiger partial charge in [0.15, 0.2) is 11.5 Å². The van der Waals surface area contributed by atoms with Gasteiger partial charge in [0.05, 0.1) is 30.9 Å². The molecular weight excluding hydrogens is 436 g/mol. The molecule has 3 aromatic carbocycles. The summed E-state index contributed by atoms with van der Waals surface area (Å²) in [7, 11) is 3.00. The van der Waals surface area contributed by atoms with Gasteiger partial charge in [0.25, 0.3) is 5.91 Å². The Morgan fingerprint density at radius 2 is 1.53 bits per heavy atom. The molecule has 1 unspecified atom stereocenters. The number of para-hydroxylation sites is 2. The van der Waals surface area contributed by atoms with Crippen LogP contribution in [0.4, 0.5) is 5.69 Å². The number of carbonyl (C=O) groups excluding carboxylic acids is 2. The molecule has 0 bridgehead atoms. The minimum Gasteiger partial charge on any atom is -0.497 e. The lowest BCUT2D eigenvalue weighted by molar-refractivity contribution is -0.153. The van der Waals surface area contributed by atoms with Crippen LogP contribution >= 0.6 is 0 Å². The number of fused-ring (bicyclic) bond motifs is 2. The third-order valence-corrected chi connectivity index (χ3v) is 5.51. The molecule has 0 aliphatic rings. The summed E-state index contributed by atoms with van der Waals surface area (Å²) >= 11 is 0. The van der Waals surface area contributed by atoms with E-state index in [0.29, 0.717) is 39.0 Å². The van der Waals surface area contributed by atoms with Gasteiger partial charge in [0.2, 0.25) is 0 Å². The van der Waals surface area contributed by atoms with Crippen molar-refractivity contribution in [1.82, 2.24) is 4.57 Å². The Kier molecular flexibility index (Phi) is 6.49. The fourth-order valence-electron chi connectivity index (χ4n) is 3.81. The van der Waals surface area contributed by atoms with Crippen LogP contribution in [0, 0.1) is 0 Å². The number of aromatic nitrogens is 1. The van der Waals surface area contributed by atoms with E-state index in [4.69, 9.17) is 14.2 Å². The molecule has 0 aliphatic carbocycles. The standard InChI is InChI=1S/C26H24N2O6/c1-16(26(31)27-20-14-17(32-2)12-13-23(20)33-3)34-24(29)15-28-21-10-6-4-8-18(21)25(30)19-9-5-7-11-22(19)28/h4-14,16H,15H2,1-3H3,(H,27,31). The second-order valence-corrected chi connectivity index (χ2v) is 7.64. The number of anilines is 1. The van der Waals surface area contributed by atoms with E-state index in [1.54, 1.807) is 71.3 Å². The number of benzene rings is 3. The minimum absolute atomic E-state index is 0.101. The number of nitrogens with one attached hydrogen (secondary N) is 1. The van der Waals surface area contributed by atoms with E-state index in [0.717, 1.165) is 0 Å². The maximum atomic E-state index is 12.9. The molecule has 1 atom stereocenters. The van der Waals surface area contributed by atoms with Crippen LogP contribution in [0.1, 0.15) is 6.92 Å². The van der Waals surface area contributed by atoms with Crippen molar-refractivity contribution in [3.63, 3.8) is 0 Å². The van der Waals surface area contributed by atoms with Gasteiger partial charge in [-0.15, -0.1) is 0 Å². The first-order chi connectivity index (χ1) is 16.4. The summed E-state index contributed by atoms with van der Waals surface area (Å²) in [5, 5.41) is 3.71. The van der Waals surface area contributed by atoms with Crippen LogP contribution in [0.3, 0.4) is 0 Å². The van der Waals surface area contributed by atoms with Gasteiger partial charge in [-0.3, -0.25) is 14.4 Å². The van der Waals surface area contributed by atoms with Crippen molar-refractivity contribution in [3.8, 4) is 11.5 Å². The quantitative estimate of drug-likeness (QED) is 0.333. The second-order valence-electron chi connectivity index (χ2n) is 7.64. The summed E-state index contributed by atoms with van der Waals surface area (Å²) in [5.41, 5.74) is 1.52. The molecular formula is C26H24N2O6. The predicted octanol–water partition coefficient (Wildman–Crippen LogP) is 3.74. The average Bonchev–Trinajstić information content (AvgIpc) is 2.86. The molecule has 0 fully saturated rings. The van der Waals surface area contributed by atoms with Crippen LogP contribution in [0.5, 0.6) is 11.5 Å². The molecule has 4 aromatic rings. The molecule has 8 heteroatoms. The fourth-order valence-corrected chi connectivity index (χ4v) is 3.81. The highest BCUT2D eigenvalue weighted by Gasteiger charge is 2.21. The molecule has 174 valence electrons. The topological polar surface area (TPSA) is 95.9 Å². The third kappa shape index (κ3) is 4.43. The molecule has 0 saturated heterocycles. The minimum atomic E-state index is -1.07. The normalized spacial score (nSPS) is 11.7. The highest BCUT2D eigenvalue weighted by Crippen LogP contribution is 2.29. The number of ether oxygens (including phenoxy) is 3. The molecule has 0 saturated carbocycles. The number of amides is 1. The SMILES string of the molecule is COc1ccc(OC)c(NC(=O)C(C)OC(=O)Cn2c3ccccc3c(=O)c3ccccc32)c1. The zero-order valence-corrected chi connectivity index (χ0v) is 19.0. The van der Waals surface area contributed by atoms with E-state index in [-0.39, 0.29) is 12.0 Å². The van der Waals surface area contributed by atoms with Gasteiger partial charge in [-0.2, -0.15) is 0 Å². The van der Waals surface area contributed by atoms with E-state index in [1.165, 1.54) is 21.1 Å². The Bertz CT molecular complexity index is 1380. The number of rotatable bonds is 7. The Hall–Kier alpha value is -4.33. The van der Waals surface area contributed by atoms with Crippen LogP contribution in [-0.2, 0) is 20.9 Å². The number of carbonyl (C=O) groups is 2. The number of pyridine rings is 1. The molecule has 1 N–H and O–H groups in total. The molecule has 0 spiro atoms. The molecule has 0 radical (unpaired) electrons. The molecule has 34 heavy (non-hydrogen) atoms. The van der Waals surface area contributed by atoms with Gasteiger partial charge in [-0.1, -0.05) is 24.3 Å². The van der Waals surface area contributed by atoms with E-state index in [1.807, 2.05) is 0 Å². The zero-order valence-electron chi connectivity index (χ0n) is 19.0. The number of hydrogen-bond acceptors (Lipinski definition) is 6. The maximum absolute atomic E-state index is 12.9. The number of methoxy groups -OCH3 is 2. The monoisotopic (exact) mass is 460 g/mol. The van der Waals surface area contributed by atoms with Crippen LogP contribution < -0.4 is 20.2 Å². The van der Waals surface area contributed by atoms with Crippen molar-refractivity contribution in [1.29, 1.82) is 0 Å². The first-order valence-corrected chi connectivity index (χ1v) is 10.7. The van der Waals surface area contributed by atoms with E-state index >= 15 is 0 Å². The van der Waals surface area contributed by atoms with E-state index in [2.05, 4.69) is 5.32 Å². The van der Waals surface area contributed by atoms with Gasteiger partial charge >= 0.3 is 5.97 Å². The Morgan fingerprint density at radius 3 is 2.12 bits per heavy atom. The van der Waals surface area contributed by atoms with Crippen LogP contribution in [0.25, 0.3) is 21.8 Å². The molecule has 1 amide bonds. The summed E-state index contributed by atoms with van der Waals surface area (Å²) in [4.78, 5) is 38.4. The molecule has 8 nitrogen and oxygen atoms in total. The van der Waals surface area contributed by atoms with E-state index in [9.17, 15) is 14.4 Å². The molecule has 1 heterocycles. The lowest BCUT2D eigenvalue weighted by Crippen LogP contribution is -2.31. The zero-order chi connectivity index (χ0) is 24.2. The average molecular weight is 460 g/mol. The Balaban J connectivity index is 1.56. The summed E-state index contributed by atoms with van der Waals surface area (Å²) in [6.07, 6.45) is -1.07. The second kappa shape index (κ2) is 9.66. The fraction of sp³-hybridized carbons (Fsp3) is 0.192.